The third-order valence-corrected chi connectivity index (χ3v) is 4.37. The Morgan fingerprint density at radius 3 is 2.95 bits per heavy atom. The van der Waals surface area contributed by atoms with E-state index in [1.54, 1.807) is 0 Å². The Labute approximate surface area is 126 Å². The van der Waals surface area contributed by atoms with E-state index in [1.807, 2.05) is 18.2 Å². The monoisotopic (exact) mass is 292 g/mol. The quantitative estimate of drug-likeness (QED) is 0.914. The maximum atomic E-state index is 10.5. The van der Waals surface area contributed by atoms with E-state index in [4.69, 9.17) is 9.47 Å². The van der Waals surface area contributed by atoms with Crippen LogP contribution in [-0.4, -0.2) is 61.0 Å². The van der Waals surface area contributed by atoms with Crippen molar-refractivity contribution >= 4 is 0 Å². The Hall–Kier alpha value is -1.30. The normalized spacial score (nSPS) is 24.8. The highest BCUT2D eigenvalue weighted by Gasteiger charge is 2.23. The molecule has 5 nitrogen and oxygen atoms in total. The van der Waals surface area contributed by atoms with Crippen LogP contribution < -0.4 is 9.47 Å². The molecule has 2 atom stereocenters. The number of aliphatic hydroxyl groups is 1. The number of likely N-dealkylation sites (N-methyl/N-ethyl adjacent to an activating group) is 1. The Balaban J connectivity index is 1.66. The molecule has 2 unspecified atom stereocenters. The number of aliphatic hydroxyl groups excluding tert-OH is 1. The van der Waals surface area contributed by atoms with Gasteiger partial charge in [-0.2, -0.15) is 0 Å². The van der Waals surface area contributed by atoms with Gasteiger partial charge in [-0.25, -0.2) is 0 Å². The fourth-order valence-electron chi connectivity index (χ4n) is 3.14. The minimum Gasteiger partial charge on any atom is -0.454 e. The van der Waals surface area contributed by atoms with Crippen molar-refractivity contribution in [2.24, 2.45) is 0 Å². The second-order valence-corrected chi connectivity index (χ2v) is 6.09. The first kappa shape index (κ1) is 14.6. The van der Waals surface area contributed by atoms with Gasteiger partial charge in [-0.1, -0.05) is 6.07 Å². The average molecular weight is 292 g/mol. The summed E-state index contributed by atoms with van der Waals surface area (Å²) < 4.78 is 10.7. The van der Waals surface area contributed by atoms with Crippen LogP contribution in [-0.2, 0) is 0 Å². The molecular weight excluding hydrogens is 268 g/mol. The molecule has 1 fully saturated rings. The second kappa shape index (κ2) is 6.22. The van der Waals surface area contributed by atoms with Crippen LogP contribution in [0.3, 0.4) is 0 Å². The first-order chi connectivity index (χ1) is 10.1. The summed E-state index contributed by atoms with van der Waals surface area (Å²) in [5, 5.41) is 10.5. The molecule has 0 radical (unpaired) electrons. The summed E-state index contributed by atoms with van der Waals surface area (Å²) in [5.41, 5.74) is 0.893. The lowest BCUT2D eigenvalue weighted by atomic mass is 10.1. The smallest absolute Gasteiger partial charge is 0.231 e. The van der Waals surface area contributed by atoms with Gasteiger partial charge in [0.25, 0.3) is 0 Å². The van der Waals surface area contributed by atoms with Gasteiger partial charge in [0, 0.05) is 19.1 Å². The van der Waals surface area contributed by atoms with Crippen molar-refractivity contribution < 1.29 is 14.6 Å². The van der Waals surface area contributed by atoms with Crippen molar-refractivity contribution in [3.05, 3.63) is 23.8 Å². The predicted octanol–water partition coefficient (Wildman–Crippen LogP) is 1.47. The third kappa shape index (κ3) is 3.31. The summed E-state index contributed by atoms with van der Waals surface area (Å²) in [5.74, 6) is 1.49. The van der Waals surface area contributed by atoms with Gasteiger partial charge in [-0.15, -0.1) is 0 Å². The molecule has 0 bridgehead atoms. The number of benzene rings is 1. The molecule has 0 spiro atoms. The van der Waals surface area contributed by atoms with Gasteiger partial charge in [0.1, 0.15) is 0 Å². The molecule has 0 aliphatic carbocycles. The van der Waals surface area contributed by atoms with E-state index in [0.717, 1.165) is 43.1 Å². The molecule has 21 heavy (non-hydrogen) atoms. The largest absolute Gasteiger partial charge is 0.454 e. The topological polar surface area (TPSA) is 45.2 Å². The maximum absolute atomic E-state index is 10.5. The van der Waals surface area contributed by atoms with Crippen LogP contribution in [0.25, 0.3) is 0 Å². The molecule has 1 aromatic rings. The molecule has 1 aromatic carbocycles. The summed E-state index contributed by atoms with van der Waals surface area (Å²) in [6, 6.07) is 6.15. The fraction of sp³-hybridized carbons (Fsp3) is 0.625. The first-order valence-corrected chi connectivity index (χ1v) is 7.63. The number of hydrogen-bond acceptors (Lipinski definition) is 5. The molecule has 0 amide bonds. The fourth-order valence-corrected chi connectivity index (χ4v) is 3.14. The van der Waals surface area contributed by atoms with Crippen molar-refractivity contribution in [1.29, 1.82) is 0 Å². The highest BCUT2D eigenvalue weighted by molar-refractivity contribution is 5.45. The van der Waals surface area contributed by atoms with Crippen molar-refractivity contribution in [3.63, 3.8) is 0 Å². The van der Waals surface area contributed by atoms with E-state index < -0.39 is 6.10 Å². The van der Waals surface area contributed by atoms with E-state index in [2.05, 4.69) is 23.8 Å². The van der Waals surface area contributed by atoms with E-state index in [0.29, 0.717) is 12.6 Å². The van der Waals surface area contributed by atoms with Gasteiger partial charge in [0.2, 0.25) is 6.79 Å². The van der Waals surface area contributed by atoms with Gasteiger partial charge < -0.3 is 19.5 Å². The number of nitrogens with zero attached hydrogens (tertiary/aromatic N) is 2. The van der Waals surface area contributed by atoms with Crippen LogP contribution in [0.2, 0.25) is 0 Å². The molecule has 116 valence electrons. The average Bonchev–Trinajstić information content (AvgIpc) is 2.86. The van der Waals surface area contributed by atoms with Gasteiger partial charge in [0.05, 0.1) is 6.10 Å². The van der Waals surface area contributed by atoms with Crippen molar-refractivity contribution in [2.75, 3.05) is 40.0 Å². The molecule has 5 heteroatoms. The summed E-state index contributed by atoms with van der Waals surface area (Å²) in [6.45, 7) is 6.37. The zero-order valence-corrected chi connectivity index (χ0v) is 12.8. The highest BCUT2D eigenvalue weighted by Crippen LogP contribution is 2.34. The number of hydrogen-bond donors (Lipinski definition) is 1. The molecule has 3 rings (SSSR count). The van der Waals surface area contributed by atoms with Crippen LogP contribution in [0.5, 0.6) is 11.5 Å². The Morgan fingerprint density at radius 2 is 2.10 bits per heavy atom. The third-order valence-electron chi connectivity index (χ3n) is 4.37. The van der Waals surface area contributed by atoms with E-state index in [-0.39, 0.29) is 6.79 Å². The van der Waals surface area contributed by atoms with Crippen LogP contribution >= 0.6 is 0 Å². The van der Waals surface area contributed by atoms with Crippen molar-refractivity contribution in [2.45, 2.75) is 25.5 Å². The van der Waals surface area contributed by atoms with Crippen LogP contribution in [0.15, 0.2) is 18.2 Å². The standard InChI is InChI=1S/C16H24N2O3/c1-12-9-17(2)6-3-7-18(12)10-14(19)13-4-5-15-16(8-13)21-11-20-15/h4-5,8,12,14,19H,3,6-7,9-11H2,1-2H3. The maximum Gasteiger partial charge on any atom is 0.231 e. The summed E-state index contributed by atoms with van der Waals surface area (Å²) >= 11 is 0. The number of β-amino-alcohol motifs (C(OH)–C–C–N with tert-alkyl or cyclic N) is 1. The Kier molecular flexibility index (Phi) is 4.33. The Bertz CT molecular complexity index is 494. The van der Waals surface area contributed by atoms with Crippen molar-refractivity contribution in [1.82, 2.24) is 9.80 Å². The lowest BCUT2D eigenvalue weighted by molar-refractivity contribution is 0.0919. The second-order valence-electron chi connectivity index (χ2n) is 6.09. The number of fused-ring (bicyclic) bond motifs is 1. The molecule has 0 aromatic heterocycles. The van der Waals surface area contributed by atoms with Crippen LogP contribution in [0.1, 0.15) is 25.0 Å². The molecule has 1 N–H and O–H groups in total. The van der Waals surface area contributed by atoms with E-state index >= 15 is 0 Å². The Morgan fingerprint density at radius 1 is 1.29 bits per heavy atom. The van der Waals surface area contributed by atoms with Crippen LogP contribution in [0, 0.1) is 0 Å². The SMILES string of the molecule is CC1CN(C)CCCN1CC(O)c1ccc2c(c1)OCO2. The zero-order chi connectivity index (χ0) is 14.8. The van der Waals surface area contributed by atoms with Gasteiger partial charge in [0.15, 0.2) is 11.5 Å². The number of ether oxygens (including phenoxy) is 2. The molecular formula is C16H24N2O3. The van der Waals surface area contributed by atoms with Gasteiger partial charge in [-0.05, 0) is 51.2 Å². The summed E-state index contributed by atoms with van der Waals surface area (Å²) in [4.78, 5) is 4.73. The minimum absolute atomic E-state index is 0.268. The predicted molar refractivity (Wildman–Crippen MR) is 80.7 cm³/mol. The first-order valence-electron chi connectivity index (χ1n) is 7.63. The summed E-state index contributed by atoms with van der Waals surface area (Å²) in [6.07, 6.45) is 0.652. The number of rotatable bonds is 3. The molecule has 2 aliphatic rings. The minimum atomic E-state index is -0.495. The molecule has 1 saturated heterocycles. The molecule has 0 saturated carbocycles. The summed E-state index contributed by atoms with van der Waals surface area (Å²) in [7, 11) is 2.16. The molecule has 2 heterocycles. The molecule has 2 aliphatic heterocycles. The van der Waals surface area contributed by atoms with Crippen LogP contribution in [0.4, 0.5) is 0 Å². The highest BCUT2D eigenvalue weighted by atomic mass is 16.7. The zero-order valence-electron chi connectivity index (χ0n) is 12.8. The lowest BCUT2D eigenvalue weighted by Crippen LogP contribution is -2.40. The lowest BCUT2D eigenvalue weighted by Gasteiger charge is -2.29. The van der Waals surface area contributed by atoms with Gasteiger partial charge >= 0.3 is 0 Å². The van der Waals surface area contributed by atoms with Crippen molar-refractivity contribution in [3.8, 4) is 11.5 Å². The van der Waals surface area contributed by atoms with E-state index in [1.165, 1.54) is 0 Å². The van der Waals surface area contributed by atoms with Gasteiger partial charge in [-0.3, -0.25) is 4.90 Å². The van der Waals surface area contributed by atoms with E-state index in [9.17, 15) is 5.11 Å².